The maximum atomic E-state index is 12.2. The minimum absolute atomic E-state index is 0.0748. The fourth-order valence-corrected chi connectivity index (χ4v) is 2.15. The molecule has 2 aromatic carbocycles. The van der Waals surface area contributed by atoms with Gasteiger partial charge in [0.1, 0.15) is 17.6 Å². The average Bonchev–Trinajstić information content (AvgIpc) is 2.59. The third kappa shape index (κ3) is 5.70. The maximum absolute atomic E-state index is 12.2. The summed E-state index contributed by atoms with van der Waals surface area (Å²) in [5.41, 5.74) is 0.912. The van der Waals surface area contributed by atoms with E-state index in [0.717, 1.165) is 5.56 Å². The largest absolute Gasteiger partial charge is 0.497 e. The van der Waals surface area contributed by atoms with Gasteiger partial charge in [0.25, 0.3) is 0 Å². The van der Waals surface area contributed by atoms with Crippen LogP contribution in [0.2, 0.25) is 0 Å². The molecule has 0 aliphatic carbocycles. The second kappa shape index (κ2) is 8.25. The average molecular weight is 364 g/mol. The first kappa shape index (κ1) is 19.1. The molecule has 0 atom stereocenters. The van der Waals surface area contributed by atoms with Gasteiger partial charge in [-0.15, -0.1) is 0 Å². The Balaban J connectivity index is 2.04. The molecule has 2 rings (SSSR count). The van der Waals surface area contributed by atoms with E-state index in [2.05, 4.69) is 10.1 Å². The molecular formula is C18H15F3N2O3. The van der Waals surface area contributed by atoms with Gasteiger partial charge >= 0.3 is 6.18 Å². The van der Waals surface area contributed by atoms with Gasteiger partial charge in [-0.2, -0.15) is 18.4 Å². The van der Waals surface area contributed by atoms with Crippen molar-refractivity contribution in [1.29, 1.82) is 5.26 Å². The number of nitriles is 1. The molecule has 26 heavy (non-hydrogen) atoms. The molecule has 0 bridgehead atoms. The molecular weight excluding hydrogens is 349 g/mol. The van der Waals surface area contributed by atoms with Crippen molar-refractivity contribution in [3.05, 3.63) is 53.6 Å². The van der Waals surface area contributed by atoms with Crippen LogP contribution in [0.1, 0.15) is 11.1 Å². The maximum Gasteiger partial charge on any atom is 0.422 e. The van der Waals surface area contributed by atoms with Crippen molar-refractivity contribution in [3.63, 3.8) is 0 Å². The number of rotatable bonds is 6. The fraction of sp³-hybridized carbons (Fsp3) is 0.222. The highest BCUT2D eigenvalue weighted by Gasteiger charge is 2.28. The Hall–Kier alpha value is -3.21. The second-order valence-corrected chi connectivity index (χ2v) is 5.30. The van der Waals surface area contributed by atoms with Crippen molar-refractivity contribution in [1.82, 2.24) is 0 Å². The highest BCUT2D eigenvalue weighted by atomic mass is 19.4. The third-order valence-corrected chi connectivity index (χ3v) is 3.27. The van der Waals surface area contributed by atoms with Crippen LogP contribution < -0.4 is 14.8 Å². The minimum atomic E-state index is -4.50. The van der Waals surface area contributed by atoms with Crippen LogP contribution in [0, 0.1) is 11.3 Å². The number of halogens is 3. The molecule has 0 fully saturated rings. The van der Waals surface area contributed by atoms with Crippen LogP contribution in [0.5, 0.6) is 11.5 Å². The summed E-state index contributed by atoms with van der Waals surface area (Å²) in [6, 6.07) is 12.6. The van der Waals surface area contributed by atoms with Crippen LogP contribution in [0.4, 0.5) is 18.9 Å². The molecule has 0 radical (unpaired) electrons. The summed E-state index contributed by atoms with van der Waals surface area (Å²) in [6.07, 6.45) is -4.43. The number of methoxy groups -OCH3 is 1. The lowest BCUT2D eigenvalue weighted by Gasteiger charge is -2.12. The quantitative estimate of drug-likeness (QED) is 0.849. The van der Waals surface area contributed by atoms with Gasteiger partial charge in [0.15, 0.2) is 6.61 Å². The van der Waals surface area contributed by atoms with E-state index < -0.39 is 12.8 Å². The first-order valence-electron chi connectivity index (χ1n) is 7.47. The summed E-state index contributed by atoms with van der Waals surface area (Å²) in [5, 5.41) is 11.7. The molecule has 136 valence electrons. The molecule has 0 unspecified atom stereocenters. The number of nitrogens with zero attached hydrogens (tertiary/aromatic N) is 1. The number of alkyl halides is 3. The molecule has 0 saturated carbocycles. The molecule has 0 heterocycles. The van der Waals surface area contributed by atoms with Crippen LogP contribution in [-0.2, 0) is 11.2 Å². The Bertz CT molecular complexity index is 829. The number of carbonyl (C=O) groups is 1. The number of anilines is 1. The van der Waals surface area contributed by atoms with Crippen molar-refractivity contribution in [2.75, 3.05) is 19.0 Å². The fourth-order valence-electron chi connectivity index (χ4n) is 2.15. The lowest BCUT2D eigenvalue weighted by molar-refractivity contribution is -0.153. The number of nitrogens with one attached hydrogen (secondary N) is 1. The number of amides is 1. The van der Waals surface area contributed by atoms with E-state index in [-0.39, 0.29) is 29.3 Å². The summed E-state index contributed by atoms with van der Waals surface area (Å²) in [6.45, 7) is -1.50. The lowest BCUT2D eigenvalue weighted by Crippen LogP contribution is -2.19. The van der Waals surface area contributed by atoms with E-state index >= 15 is 0 Å². The van der Waals surface area contributed by atoms with E-state index in [0.29, 0.717) is 5.75 Å². The van der Waals surface area contributed by atoms with Crippen molar-refractivity contribution in [2.45, 2.75) is 12.6 Å². The van der Waals surface area contributed by atoms with Gasteiger partial charge in [0.2, 0.25) is 5.91 Å². The zero-order valence-electron chi connectivity index (χ0n) is 13.8. The third-order valence-electron chi connectivity index (χ3n) is 3.27. The second-order valence-electron chi connectivity index (χ2n) is 5.30. The lowest BCUT2D eigenvalue weighted by atomic mass is 10.1. The van der Waals surface area contributed by atoms with Gasteiger partial charge in [0.05, 0.1) is 19.1 Å². The smallest absolute Gasteiger partial charge is 0.422 e. The molecule has 0 aliphatic heterocycles. The molecule has 0 spiro atoms. The number of carbonyl (C=O) groups excluding carboxylic acids is 1. The molecule has 2 aromatic rings. The Morgan fingerprint density at radius 3 is 2.65 bits per heavy atom. The Morgan fingerprint density at radius 2 is 2.00 bits per heavy atom. The Kier molecular flexibility index (Phi) is 6.07. The van der Waals surface area contributed by atoms with Gasteiger partial charge in [-0.25, -0.2) is 0 Å². The van der Waals surface area contributed by atoms with Crippen molar-refractivity contribution in [2.24, 2.45) is 0 Å². The van der Waals surface area contributed by atoms with Crippen LogP contribution in [-0.4, -0.2) is 25.8 Å². The summed E-state index contributed by atoms with van der Waals surface area (Å²) in [5.74, 6) is 0.0787. The number of benzene rings is 2. The van der Waals surface area contributed by atoms with Crippen LogP contribution in [0.25, 0.3) is 0 Å². The van der Waals surface area contributed by atoms with E-state index in [1.807, 2.05) is 0 Å². The number of hydrogen-bond acceptors (Lipinski definition) is 4. The summed E-state index contributed by atoms with van der Waals surface area (Å²) < 4.78 is 46.3. The number of ether oxygens (including phenoxy) is 2. The van der Waals surface area contributed by atoms with Crippen molar-refractivity contribution < 1.29 is 27.4 Å². The first-order valence-corrected chi connectivity index (χ1v) is 7.47. The number of hydrogen-bond donors (Lipinski definition) is 1. The zero-order chi connectivity index (χ0) is 19.2. The summed E-state index contributed by atoms with van der Waals surface area (Å²) >= 11 is 0. The van der Waals surface area contributed by atoms with Crippen LogP contribution >= 0.6 is 0 Å². The predicted octanol–water partition coefficient (Wildman–Crippen LogP) is 3.69. The molecule has 5 nitrogen and oxygen atoms in total. The highest BCUT2D eigenvalue weighted by molar-refractivity contribution is 5.92. The molecule has 0 aromatic heterocycles. The Labute approximate surface area is 148 Å². The van der Waals surface area contributed by atoms with Gasteiger partial charge in [-0.1, -0.05) is 12.1 Å². The molecule has 0 saturated heterocycles. The van der Waals surface area contributed by atoms with Crippen molar-refractivity contribution in [3.8, 4) is 17.6 Å². The molecule has 8 heteroatoms. The highest BCUT2D eigenvalue weighted by Crippen LogP contribution is 2.25. The predicted molar refractivity (Wildman–Crippen MR) is 88.0 cm³/mol. The van der Waals surface area contributed by atoms with Crippen LogP contribution in [0.3, 0.4) is 0 Å². The zero-order valence-corrected chi connectivity index (χ0v) is 13.8. The van der Waals surface area contributed by atoms with E-state index in [1.165, 1.54) is 25.3 Å². The van der Waals surface area contributed by atoms with Gasteiger partial charge in [0, 0.05) is 5.69 Å². The van der Waals surface area contributed by atoms with Gasteiger partial charge < -0.3 is 14.8 Å². The van der Waals surface area contributed by atoms with Crippen molar-refractivity contribution >= 4 is 11.6 Å². The van der Waals surface area contributed by atoms with Crippen LogP contribution in [0.15, 0.2) is 42.5 Å². The SMILES string of the molecule is COc1cccc(CC(=O)Nc2ccc(OCC(F)(F)F)c(C#N)c2)c1. The minimum Gasteiger partial charge on any atom is -0.497 e. The van der Waals surface area contributed by atoms with Gasteiger partial charge in [-0.05, 0) is 35.9 Å². The van der Waals surface area contributed by atoms with E-state index in [9.17, 15) is 18.0 Å². The Morgan fingerprint density at radius 1 is 1.23 bits per heavy atom. The monoisotopic (exact) mass is 364 g/mol. The standard InChI is InChI=1S/C18H15F3N2O3/c1-25-15-4-2-3-12(7-15)8-17(24)23-14-5-6-16(13(9-14)10-22)26-11-18(19,20)21/h2-7,9H,8,11H2,1H3,(H,23,24). The summed E-state index contributed by atoms with van der Waals surface area (Å²) in [7, 11) is 1.52. The van der Waals surface area contributed by atoms with E-state index in [1.54, 1.807) is 30.3 Å². The normalized spacial score (nSPS) is 10.7. The topological polar surface area (TPSA) is 71.3 Å². The molecule has 0 aliphatic rings. The summed E-state index contributed by atoms with van der Waals surface area (Å²) in [4.78, 5) is 12.1. The van der Waals surface area contributed by atoms with Gasteiger partial charge in [-0.3, -0.25) is 4.79 Å². The first-order chi connectivity index (χ1) is 12.3. The molecule has 1 N–H and O–H groups in total. The molecule has 1 amide bonds. The van der Waals surface area contributed by atoms with E-state index in [4.69, 9.17) is 10.00 Å².